The van der Waals surface area contributed by atoms with Gasteiger partial charge in [-0.2, -0.15) is 5.10 Å². The summed E-state index contributed by atoms with van der Waals surface area (Å²) >= 11 is 0. The molecule has 20 heavy (non-hydrogen) atoms. The molecule has 6 heteroatoms. The van der Waals surface area contributed by atoms with E-state index in [0.29, 0.717) is 6.42 Å². The van der Waals surface area contributed by atoms with Gasteiger partial charge in [0.05, 0.1) is 17.6 Å². The Kier molecular flexibility index (Phi) is 4.57. The van der Waals surface area contributed by atoms with Gasteiger partial charge in [0, 0.05) is 24.1 Å². The summed E-state index contributed by atoms with van der Waals surface area (Å²) < 4.78 is 24.3. The summed E-state index contributed by atoms with van der Waals surface area (Å²) in [4.78, 5) is 0. The molecule has 0 aliphatic heterocycles. The van der Waals surface area contributed by atoms with Gasteiger partial charge in [-0.3, -0.25) is 0 Å². The fourth-order valence-corrected chi connectivity index (χ4v) is 2.71. The molecule has 1 unspecified atom stereocenters. The lowest BCUT2D eigenvalue weighted by molar-refractivity contribution is 0.559. The highest BCUT2D eigenvalue weighted by Gasteiger charge is 2.14. The van der Waals surface area contributed by atoms with E-state index < -0.39 is 9.84 Å². The maximum absolute atomic E-state index is 11.3. The Morgan fingerprint density at radius 3 is 2.60 bits per heavy atom. The summed E-state index contributed by atoms with van der Waals surface area (Å²) in [5, 5.41) is 7.46. The number of rotatable bonds is 6. The molecule has 2 rings (SSSR count). The summed E-state index contributed by atoms with van der Waals surface area (Å²) in [5.41, 5.74) is 1.97. The Morgan fingerprint density at radius 1 is 1.30 bits per heavy atom. The van der Waals surface area contributed by atoms with Crippen molar-refractivity contribution in [1.29, 1.82) is 0 Å². The Balaban J connectivity index is 2.14. The van der Waals surface area contributed by atoms with Gasteiger partial charge in [-0.05, 0) is 25.6 Å². The number of benzene rings is 1. The van der Waals surface area contributed by atoms with Crippen LogP contribution in [0.15, 0.2) is 42.7 Å². The molecule has 0 saturated heterocycles. The van der Waals surface area contributed by atoms with Crippen molar-refractivity contribution in [3.8, 4) is 5.69 Å². The molecule has 0 saturated carbocycles. The van der Waals surface area contributed by atoms with Gasteiger partial charge in [0.25, 0.3) is 0 Å². The number of nitrogens with one attached hydrogen (secondary N) is 1. The summed E-state index contributed by atoms with van der Waals surface area (Å²) in [6.07, 6.45) is 5.50. The fourth-order valence-electron chi connectivity index (χ4n) is 2.05. The highest BCUT2D eigenvalue weighted by molar-refractivity contribution is 7.90. The molecule has 108 valence electrons. The van der Waals surface area contributed by atoms with Crippen molar-refractivity contribution in [2.24, 2.45) is 0 Å². The van der Waals surface area contributed by atoms with Gasteiger partial charge in [0.2, 0.25) is 0 Å². The average Bonchev–Trinajstić information content (AvgIpc) is 2.89. The third-order valence-electron chi connectivity index (χ3n) is 3.15. The van der Waals surface area contributed by atoms with E-state index in [1.165, 1.54) is 6.26 Å². The van der Waals surface area contributed by atoms with Gasteiger partial charge in [-0.25, -0.2) is 13.1 Å². The second-order valence-electron chi connectivity index (χ2n) is 4.81. The zero-order valence-electron chi connectivity index (χ0n) is 11.7. The fraction of sp³-hybridized carbons (Fsp3) is 0.357. The minimum absolute atomic E-state index is 0.0119. The Morgan fingerprint density at radius 2 is 2.00 bits per heavy atom. The van der Waals surface area contributed by atoms with Crippen LogP contribution < -0.4 is 5.32 Å². The summed E-state index contributed by atoms with van der Waals surface area (Å²) in [5.74, 6) is 0.162. The normalized spacial score (nSPS) is 13.3. The van der Waals surface area contributed by atoms with E-state index in [9.17, 15) is 8.42 Å². The van der Waals surface area contributed by atoms with E-state index in [4.69, 9.17) is 0 Å². The van der Waals surface area contributed by atoms with Crippen molar-refractivity contribution >= 4 is 9.84 Å². The smallest absolute Gasteiger partial charge is 0.147 e. The lowest BCUT2D eigenvalue weighted by Crippen LogP contribution is -2.19. The van der Waals surface area contributed by atoms with Crippen LogP contribution in [0.25, 0.3) is 5.69 Å². The molecule has 0 aliphatic carbocycles. The highest BCUT2D eigenvalue weighted by Crippen LogP contribution is 2.18. The van der Waals surface area contributed by atoms with Crippen LogP contribution in [0.5, 0.6) is 0 Å². The molecule has 1 atom stereocenters. The molecule has 0 bridgehead atoms. The summed E-state index contributed by atoms with van der Waals surface area (Å²) in [7, 11) is -1.12. The van der Waals surface area contributed by atoms with Crippen LogP contribution in [-0.4, -0.2) is 37.3 Å². The van der Waals surface area contributed by atoms with Crippen LogP contribution in [0, 0.1) is 0 Å². The largest absolute Gasteiger partial charge is 0.313 e. The second-order valence-corrected chi connectivity index (χ2v) is 7.07. The molecule has 1 N–H and O–H groups in total. The predicted octanol–water partition coefficient (Wildman–Crippen LogP) is 1.57. The van der Waals surface area contributed by atoms with Crippen molar-refractivity contribution in [2.45, 2.75) is 12.5 Å². The topological polar surface area (TPSA) is 64.0 Å². The van der Waals surface area contributed by atoms with Gasteiger partial charge < -0.3 is 5.32 Å². The number of nitrogens with zero attached hydrogens (tertiary/aromatic N) is 2. The van der Waals surface area contributed by atoms with Crippen molar-refractivity contribution in [3.63, 3.8) is 0 Å². The van der Waals surface area contributed by atoms with Crippen LogP contribution in [0.4, 0.5) is 0 Å². The predicted molar refractivity (Wildman–Crippen MR) is 79.7 cm³/mol. The molecule has 5 nitrogen and oxygen atoms in total. The number of para-hydroxylation sites is 1. The van der Waals surface area contributed by atoms with Crippen LogP contribution in [0.2, 0.25) is 0 Å². The van der Waals surface area contributed by atoms with Crippen LogP contribution >= 0.6 is 0 Å². The second kappa shape index (κ2) is 6.19. The third-order valence-corrected chi connectivity index (χ3v) is 4.13. The first-order valence-corrected chi connectivity index (χ1v) is 8.50. The van der Waals surface area contributed by atoms with E-state index in [2.05, 4.69) is 10.4 Å². The standard InChI is InChI=1S/C14H19N3O2S/c1-15-14(8-9-20(2,18)19)12-10-16-17(11-12)13-6-4-3-5-7-13/h3-7,10-11,14-15H,8-9H2,1-2H3. The molecule has 0 aliphatic rings. The van der Waals surface area contributed by atoms with Crippen molar-refractivity contribution in [1.82, 2.24) is 15.1 Å². The van der Waals surface area contributed by atoms with Crippen molar-refractivity contribution in [3.05, 3.63) is 48.3 Å². The van der Waals surface area contributed by atoms with E-state index in [-0.39, 0.29) is 11.8 Å². The number of hydrogen-bond donors (Lipinski definition) is 1. The highest BCUT2D eigenvalue weighted by atomic mass is 32.2. The Labute approximate surface area is 119 Å². The van der Waals surface area contributed by atoms with Gasteiger partial charge in [-0.1, -0.05) is 18.2 Å². The molecule has 0 fully saturated rings. The molecule has 0 amide bonds. The first kappa shape index (κ1) is 14.7. The maximum Gasteiger partial charge on any atom is 0.147 e. The van der Waals surface area contributed by atoms with Gasteiger partial charge in [-0.15, -0.1) is 0 Å². The van der Waals surface area contributed by atoms with Gasteiger partial charge in [0.1, 0.15) is 9.84 Å². The molecule has 1 aromatic carbocycles. The molecule has 0 radical (unpaired) electrons. The zero-order valence-corrected chi connectivity index (χ0v) is 12.5. The van der Waals surface area contributed by atoms with Crippen LogP contribution in [0.1, 0.15) is 18.0 Å². The average molecular weight is 293 g/mol. The van der Waals surface area contributed by atoms with E-state index in [1.54, 1.807) is 10.9 Å². The molecule has 0 spiro atoms. The minimum Gasteiger partial charge on any atom is -0.313 e. The quantitative estimate of drug-likeness (QED) is 0.878. The molecule has 2 aromatic rings. The summed E-state index contributed by atoms with van der Waals surface area (Å²) in [6, 6.07) is 9.80. The molecule has 1 heterocycles. The summed E-state index contributed by atoms with van der Waals surface area (Å²) in [6.45, 7) is 0. The van der Waals surface area contributed by atoms with Crippen LogP contribution in [-0.2, 0) is 9.84 Å². The third kappa shape index (κ3) is 3.91. The number of hydrogen-bond acceptors (Lipinski definition) is 4. The van der Waals surface area contributed by atoms with Gasteiger partial charge >= 0.3 is 0 Å². The first-order valence-electron chi connectivity index (χ1n) is 6.44. The number of sulfone groups is 1. The van der Waals surface area contributed by atoms with Crippen LogP contribution in [0.3, 0.4) is 0 Å². The lowest BCUT2D eigenvalue weighted by Gasteiger charge is -2.13. The number of aromatic nitrogens is 2. The Hall–Kier alpha value is -1.66. The van der Waals surface area contributed by atoms with Gasteiger partial charge in [0.15, 0.2) is 0 Å². The lowest BCUT2D eigenvalue weighted by atomic mass is 10.1. The minimum atomic E-state index is -2.95. The molecular formula is C14H19N3O2S. The first-order chi connectivity index (χ1) is 9.49. The SMILES string of the molecule is CNC(CCS(C)(=O)=O)c1cnn(-c2ccccc2)c1. The van der Waals surface area contributed by atoms with E-state index >= 15 is 0 Å². The van der Waals surface area contributed by atoms with E-state index in [0.717, 1.165) is 11.3 Å². The molecule has 1 aromatic heterocycles. The van der Waals surface area contributed by atoms with Crippen molar-refractivity contribution in [2.75, 3.05) is 19.1 Å². The van der Waals surface area contributed by atoms with Crippen molar-refractivity contribution < 1.29 is 8.42 Å². The van der Waals surface area contributed by atoms with E-state index in [1.807, 2.05) is 43.6 Å². The molecular weight excluding hydrogens is 274 g/mol. The zero-order chi connectivity index (χ0) is 14.6. The maximum atomic E-state index is 11.3. The monoisotopic (exact) mass is 293 g/mol. The Bertz CT molecular complexity index is 650.